The lowest BCUT2D eigenvalue weighted by Crippen LogP contribution is -2.49. The maximum atomic E-state index is 11.6. The molecule has 1 aromatic heterocycles. The van der Waals surface area contributed by atoms with E-state index < -0.39 is 0 Å². The van der Waals surface area contributed by atoms with Crippen molar-refractivity contribution in [3.63, 3.8) is 0 Å². The number of amides is 1. The number of carbonyl (C=O) groups excluding carboxylic acids is 1. The van der Waals surface area contributed by atoms with Crippen molar-refractivity contribution < 1.29 is 4.79 Å². The Hall–Kier alpha value is -1.14. The zero-order valence-electron chi connectivity index (χ0n) is 10.1. The maximum Gasteiger partial charge on any atom is 0.243 e. The summed E-state index contributed by atoms with van der Waals surface area (Å²) in [6, 6.07) is 4.34. The molecule has 3 N–H and O–H groups in total. The molecule has 0 radical (unpaired) electrons. The lowest BCUT2D eigenvalue weighted by atomic mass is 10.3. The highest BCUT2D eigenvalue weighted by molar-refractivity contribution is 7.80. The first-order valence-corrected chi connectivity index (χ1v) is 7.40. The number of hydrazine groups is 1. The van der Waals surface area contributed by atoms with Crippen LogP contribution in [0.15, 0.2) is 17.5 Å². The highest BCUT2D eigenvalue weighted by Crippen LogP contribution is 2.17. The number of thiocarbonyl (C=S) groups is 1. The molecule has 0 atom stereocenters. The van der Waals surface area contributed by atoms with Crippen molar-refractivity contribution in [1.82, 2.24) is 16.2 Å². The molecule has 18 heavy (non-hydrogen) atoms. The normalized spacial score (nSPS) is 15.3. The number of hydrogen-bond acceptors (Lipinski definition) is 3. The van der Waals surface area contributed by atoms with Gasteiger partial charge in [-0.3, -0.25) is 15.6 Å². The van der Waals surface area contributed by atoms with Gasteiger partial charge in [-0.05, 0) is 36.5 Å². The average molecular weight is 283 g/mol. The molecule has 1 aromatic rings. The van der Waals surface area contributed by atoms with Gasteiger partial charge in [0, 0.05) is 10.9 Å². The van der Waals surface area contributed by atoms with Crippen LogP contribution < -0.4 is 16.2 Å². The molecule has 1 fully saturated rings. The van der Waals surface area contributed by atoms with E-state index in [-0.39, 0.29) is 5.91 Å². The Morgan fingerprint density at radius 3 is 2.83 bits per heavy atom. The Morgan fingerprint density at radius 2 is 2.17 bits per heavy atom. The summed E-state index contributed by atoms with van der Waals surface area (Å²) in [5.41, 5.74) is 5.36. The van der Waals surface area contributed by atoms with E-state index in [0.29, 0.717) is 17.6 Å². The summed E-state index contributed by atoms with van der Waals surface area (Å²) in [6.07, 6.45) is 5.21. The Balaban J connectivity index is 1.64. The van der Waals surface area contributed by atoms with Crippen LogP contribution >= 0.6 is 23.6 Å². The minimum atomic E-state index is -0.0759. The molecule has 0 aromatic carbocycles. The van der Waals surface area contributed by atoms with E-state index in [2.05, 4.69) is 16.2 Å². The van der Waals surface area contributed by atoms with Crippen LogP contribution in [0.2, 0.25) is 0 Å². The third-order valence-electron chi connectivity index (χ3n) is 2.92. The predicted octanol–water partition coefficient (Wildman–Crippen LogP) is 1.73. The molecule has 0 bridgehead atoms. The smallest absolute Gasteiger partial charge is 0.243 e. The van der Waals surface area contributed by atoms with Crippen LogP contribution in [0.5, 0.6) is 0 Å². The number of thiophene rings is 1. The second-order valence-corrected chi connectivity index (χ2v) is 5.82. The molecule has 1 aliphatic rings. The van der Waals surface area contributed by atoms with Crippen LogP contribution in [0.4, 0.5) is 0 Å². The molecular formula is C12H17N3OS2. The van der Waals surface area contributed by atoms with Crippen LogP contribution in [-0.4, -0.2) is 17.1 Å². The lowest BCUT2D eigenvalue weighted by molar-refractivity contribution is -0.120. The minimum absolute atomic E-state index is 0.0759. The third-order valence-corrected chi connectivity index (χ3v) is 4.02. The van der Waals surface area contributed by atoms with Gasteiger partial charge in [0.05, 0.1) is 6.42 Å². The number of hydrogen-bond donors (Lipinski definition) is 3. The number of nitrogens with one attached hydrogen (secondary N) is 3. The maximum absolute atomic E-state index is 11.6. The van der Waals surface area contributed by atoms with Crippen molar-refractivity contribution in [3.8, 4) is 0 Å². The standard InChI is InChI=1S/C12H17N3OS2/c16-11(8-10-6-3-7-18-10)14-15-12(17)13-9-4-1-2-5-9/h3,6-7,9H,1-2,4-5,8H2,(H,14,16)(H2,13,15,17). The molecule has 0 aliphatic heterocycles. The topological polar surface area (TPSA) is 53.2 Å². The molecule has 0 spiro atoms. The van der Waals surface area contributed by atoms with Gasteiger partial charge in [-0.1, -0.05) is 18.9 Å². The third kappa shape index (κ3) is 4.27. The highest BCUT2D eigenvalue weighted by Gasteiger charge is 2.15. The van der Waals surface area contributed by atoms with E-state index in [4.69, 9.17) is 12.2 Å². The van der Waals surface area contributed by atoms with E-state index in [9.17, 15) is 4.79 Å². The molecule has 98 valence electrons. The van der Waals surface area contributed by atoms with Crippen molar-refractivity contribution in [2.24, 2.45) is 0 Å². The number of carbonyl (C=O) groups is 1. The summed E-state index contributed by atoms with van der Waals surface area (Å²) < 4.78 is 0. The quantitative estimate of drug-likeness (QED) is 0.584. The number of rotatable bonds is 3. The zero-order chi connectivity index (χ0) is 12.8. The van der Waals surface area contributed by atoms with E-state index in [1.54, 1.807) is 11.3 Å². The molecule has 1 amide bonds. The van der Waals surface area contributed by atoms with Crippen molar-refractivity contribution in [3.05, 3.63) is 22.4 Å². The Kier molecular flexibility index (Phi) is 4.95. The highest BCUT2D eigenvalue weighted by atomic mass is 32.1. The largest absolute Gasteiger partial charge is 0.359 e. The van der Waals surface area contributed by atoms with Gasteiger partial charge in [0.25, 0.3) is 0 Å². The van der Waals surface area contributed by atoms with Crippen LogP contribution in [0.25, 0.3) is 0 Å². The van der Waals surface area contributed by atoms with Crippen LogP contribution in [0.3, 0.4) is 0 Å². The SMILES string of the molecule is O=C(Cc1cccs1)NNC(=S)NC1CCCC1. The summed E-state index contributed by atoms with van der Waals surface area (Å²) >= 11 is 6.70. The second kappa shape index (κ2) is 6.70. The minimum Gasteiger partial charge on any atom is -0.359 e. The molecule has 1 aliphatic carbocycles. The summed E-state index contributed by atoms with van der Waals surface area (Å²) in [7, 11) is 0. The van der Waals surface area contributed by atoms with Gasteiger partial charge in [-0.25, -0.2) is 0 Å². The first-order chi connectivity index (χ1) is 8.74. The van der Waals surface area contributed by atoms with Crippen LogP contribution in [-0.2, 0) is 11.2 Å². The van der Waals surface area contributed by atoms with Crippen molar-refractivity contribution in [2.75, 3.05) is 0 Å². The summed E-state index contributed by atoms with van der Waals surface area (Å²) in [6.45, 7) is 0. The van der Waals surface area contributed by atoms with Crippen molar-refractivity contribution >= 4 is 34.6 Å². The first kappa shape index (κ1) is 13.3. The molecule has 2 rings (SSSR count). The van der Waals surface area contributed by atoms with Gasteiger partial charge in [0.1, 0.15) is 0 Å². The molecule has 4 nitrogen and oxygen atoms in total. The summed E-state index contributed by atoms with van der Waals surface area (Å²) in [5.74, 6) is -0.0759. The van der Waals surface area contributed by atoms with E-state index in [1.165, 1.54) is 12.8 Å². The van der Waals surface area contributed by atoms with Crippen LogP contribution in [0.1, 0.15) is 30.6 Å². The van der Waals surface area contributed by atoms with Crippen molar-refractivity contribution in [2.45, 2.75) is 38.1 Å². The van der Waals surface area contributed by atoms with Crippen molar-refractivity contribution in [1.29, 1.82) is 0 Å². The van der Waals surface area contributed by atoms with Gasteiger partial charge in [0.15, 0.2) is 5.11 Å². The molecule has 6 heteroatoms. The van der Waals surface area contributed by atoms with Gasteiger partial charge in [-0.2, -0.15) is 0 Å². The fraction of sp³-hybridized carbons (Fsp3) is 0.500. The molecule has 0 saturated heterocycles. The Bertz CT molecular complexity index is 399. The van der Waals surface area contributed by atoms with E-state index in [1.807, 2.05) is 17.5 Å². The van der Waals surface area contributed by atoms with E-state index >= 15 is 0 Å². The monoisotopic (exact) mass is 283 g/mol. The first-order valence-electron chi connectivity index (χ1n) is 6.12. The summed E-state index contributed by atoms with van der Waals surface area (Å²) in [4.78, 5) is 12.6. The fourth-order valence-corrected chi connectivity index (χ4v) is 2.95. The fourth-order valence-electron chi connectivity index (χ4n) is 2.03. The molecule has 1 saturated carbocycles. The van der Waals surface area contributed by atoms with Gasteiger partial charge < -0.3 is 5.32 Å². The predicted molar refractivity (Wildman–Crippen MR) is 77.3 cm³/mol. The van der Waals surface area contributed by atoms with Gasteiger partial charge in [-0.15, -0.1) is 11.3 Å². The summed E-state index contributed by atoms with van der Waals surface area (Å²) in [5, 5.41) is 5.66. The van der Waals surface area contributed by atoms with E-state index in [0.717, 1.165) is 17.7 Å². The van der Waals surface area contributed by atoms with Gasteiger partial charge in [0.2, 0.25) is 5.91 Å². The lowest BCUT2D eigenvalue weighted by Gasteiger charge is -2.15. The Labute approximate surface area is 116 Å². The molecular weight excluding hydrogens is 266 g/mol. The molecule has 0 unspecified atom stereocenters. The molecule has 1 heterocycles. The average Bonchev–Trinajstić information content (AvgIpc) is 2.99. The van der Waals surface area contributed by atoms with Crippen LogP contribution in [0, 0.1) is 0 Å². The van der Waals surface area contributed by atoms with Gasteiger partial charge >= 0.3 is 0 Å². The zero-order valence-corrected chi connectivity index (χ0v) is 11.7. The Morgan fingerprint density at radius 1 is 1.39 bits per heavy atom. The second-order valence-electron chi connectivity index (χ2n) is 4.38.